The Morgan fingerprint density at radius 1 is 1.05 bits per heavy atom. The van der Waals surface area contributed by atoms with Crippen LogP contribution in [0, 0.1) is 6.92 Å². The number of ketones is 1. The summed E-state index contributed by atoms with van der Waals surface area (Å²) in [6.45, 7) is 1.92. The van der Waals surface area contributed by atoms with E-state index in [2.05, 4.69) is 0 Å². The predicted octanol–water partition coefficient (Wildman–Crippen LogP) is 4.54. The molecule has 0 bridgehead atoms. The fourth-order valence-corrected chi connectivity index (χ4v) is 2.31. The Morgan fingerprint density at radius 3 is 2.42 bits per heavy atom. The van der Waals surface area contributed by atoms with Crippen molar-refractivity contribution in [1.29, 1.82) is 0 Å². The normalized spacial score (nSPS) is 10.3. The molecule has 0 aliphatic rings. The van der Waals surface area contributed by atoms with Crippen molar-refractivity contribution >= 4 is 29.0 Å². The summed E-state index contributed by atoms with van der Waals surface area (Å²) in [5.74, 6) is 0.351. The Balaban J connectivity index is 2.52. The van der Waals surface area contributed by atoms with Gasteiger partial charge in [0.1, 0.15) is 5.75 Å². The van der Waals surface area contributed by atoms with E-state index >= 15 is 0 Å². The average Bonchev–Trinajstić information content (AvgIpc) is 2.38. The molecule has 0 saturated heterocycles. The highest BCUT2D eigenvalue weighted by molar-refractivity contribution is 6.37. The molecule has 2 nitrogen and oxygen atoms in total. The zero-order valence-corrected chi connectivity index (χ0v) is 12.0. The number of rotatable bonds is 3. The molecule has 0 N–H and O–H groups in total. The number of aryl methyl sites for hydroxylation is 1. The van der Waals surface area contributed by atoms with Gasteiger partial charge in [0.05, 0.1) is 17.7 Å². The molecule has 19 heavy (non-hydrogen) atoms. The Morgan fingerprint density at radius 2 is 1.79 bits per heavy atom. The average molecular weight is 295 g/mol. The van der Waals surface area contributed by atoms with Crippen molar-refractivity contribution in [2.45, 2.75) is 6.92 Å². The van der Waals surface area contributed by atoms with E-state index in [9.17, 15) is 4.79 Å². The zero-order valence-electron chi connectivity index (χ0n) is 10.5. The van der Waals surface area contributed by atoms with Crippen molar-refractivity contribution in [2.75, 3.05) is 7.11 Å². The third-order valence-electron chi connectivity index (χ3n) is 2.78. The molecule has 0 amide bonds. The molecule has 2 aromatic rings. The van der Waals surface area contributed by atoms with E-state index in [-0.39, 0.29) is 5.78 Å². The number of hydrogen-bond acceptors (Lipinski definition) is 2. The van der Waals surface area contributed by atoms with Gasteiger partial charge in [-0.2, -0.15) is 0 Å². The minimum atomic E-state index is -0.179. The molecule has 0 aliphatic heterocycles. The van der Waals surface area contributed by atoms with Crippen LogP contribution in [0.4, 0.5) is 0 Å². The molecular weight excluding hydrogens is 283 g/mol. The van der Waals surface area contributed by atoms with E-state index in [0.717, 1.165) is 5.56 Å². The van der Waals surface area contributed by atoms with Crippen molar-refractivity contribution < 1.29 is 9.53 Å². The highest BCUT2D eigenvalue weighted by Gasteiger charge is 2.17. The van der Waals surface area contributed by atoms with Crippen molar-refractivity contribution in [3.05, 3.63) is 63.1 Å². The van der Waals surface area contributed by atoms with Crippen LogP contribution in [0.5, 0.6) is 5.75 Å². The molecule has 0 aliphatic carbocycles. The highest BCUT2D eigenvalue weighted by Crippen LogP contribution is 2.27. The van der Waals surface area contributed by atoms with Crippen molar-refractivity contribution in [1.82, 2.24) is 0 Å². The van der Waals surface area contributed by atoms with Gasteiger partial charge in [0.15, 0.2) is 5.78 Å². The van der Waals surface area contributed by atoms with Crippen LogP contribution in [0.15, 0.2) is 36.4 Å². The second-order valence-corrected chi connectivity index (χ2v) is 5.00. The topological polar surface area (TPSA) is 26.3 Å². The summed E-state index contributed by atoms with van der Waals surface area (Å²) in [7, 11) is 1.53. The molecule has 0 radical (unpaired) electrons. The molecule has 0 unspecified atom stereocenters. The van der Waals surface area contributed by atoms with Gasteiger partial charge in [-0.25, -0.2) is 0 Å². The van der Waals surface area contributed by atoms with E-state index in [1.54, 1.807) is 30.3 Å². The molecule has 0 aromatic heterocycles. The number of methoxy groups -OCH3 is 1. The van der Waals surface area contributed by atoms with Crippen LogP contribution >= 0.6 is 23.2 Å². The molecule has 98 valence electrons. The molecule has 2 aromatic carbocycles. The maximum absolute atomic E-state index is 12.5. The van der Waals surface area contributed by atoms with E-state index in [1.807, 2.05) is 13.0 Å². The van der Waals surface area contributed by atoms with Crippen LogP contribution in [0.3, 0.4) is 0 Å². The third kappa shape index (κ3) is 2.91. The smallest absolute Gasteiger partial charge is 0.198 e. The second kappa shape index (κ2) is 5.64. The molecule has 0 saturated carbocycles. The lowest BCUT2D eigenvalue weighted by molar-refractivity contribution is 0.103. The highest BCUT2D eigenvalue weighted by atomic mass is 35.5. The van der Waals surface area contributed by atoms with Crippen LogP contribution in [0.25, 0.3) is 0 Å². The molecule has 2 rings (SSSR count). The molecule has 0 atom stereocenters. The SMILES string of the molecule is COc1ccc(C)cc1C(=O)c1ccc(Cl)cc1Cl. The summed E-state index contributed by atoms with van der Waals surface area (Å²) in [6, 6.07) is 10.3. The van der Waals surface area contributed by atoms with Gasteiger partial charge in [-0.3, -0.25) is 4.79 Å². The van der Waals surface area contributed by atoms with Gasteiger partial charge in [0.2, 0.25) is 0 Å². The van der Waals surface area contributed by atoms with E-state index in [0.29, 0.717) is 26.9 Å². The lowest BCUT2D eigenvalue weighted by Gasteiger charge is -2.09. The number of carbonyl (C=O) groups excluding carboxylic acids is 1. The maximum atomic E-state index is 12.5. The maximum Gasteiger partial charge on any atom is 0.198 e. The van der Waals surface area contributed by atoms with Crippen molar-refractivity contribution in [3.63, 3.8) is 0 Å². The monoisotopic (exact) mass is 294 g/mol. The standard InChI is InChI=1S/C15H12Cl2O2/c1-9-3-6-14(19-2)12(7-9)15(18)11-5-4-10(16)8-13(11)17/h3-8H,1-2H3. The minimum absolute atomic E-state index is 0.179. The first-order valence-corrected chi connectivity index (χ1v) is 6.43. The van der Waals surface area contributed by atoms with Gasteiger partial charge in [-0.05, 0) is 37.3 Å². The first kappa shape index (κ1) is 13.9. The Hall–Kier alpha value is -1.51. The summed E-state index contributed by atoms with van der Waals surface area (Å²) in [4.78, 5) is 12.5. The van der Waals surface area contributed by atoms with Crippen molar-refractivity contribution in [3.8, 4) is 5.75 Å². The first-order chi connectivity index (χ1) is 9.02. The Kier molecular flexibility index (Phi) is 4.13. The Labute approximate surface area is 121 Å². The lowest BCUT2D eigenvalue weighted by atomic mass is 10.0. The molecule has 0 heterocycles. The number of benzene rings is 2. The molecule has 0 fully saturated rings. The summed E-state index contributed by atoms with van der Waals surface area (Å²) in [5.41, 5.74) is 1.89. The van der Waals surface area contributed by atoms with Crippen LogP contribution in [0.1, 0.15) is 21.5 Å². The van der Waals surface area contributed by atoms with E-state index in [1.165, 1.54) is 7.11 Å². The van der Waals surface area contributed by atoms with Gasteiger partial charge in [0, 0.05) is 10.6 Å². The molecule has 4 heteroatoms. The quantitative estimate of drug-likeness (QED) is 0.777. The van der Waals surface area contributed by atoms with E-state index in [4.69, 9.17) is 27.9 Å². The first-order valence-electron chi connectivity index (χ1n) is 5.67. The van der Waals surface area contributed by atoms with Crippen LogP contribution < -0.4 is 4.74 Å². The number of ether oxygens (including phenoxy) is 1. The van der Waals surface area contributed by atoms with Crippen LogP contribution in [-0.2, 0) is 0 Å². The Bertz CT molecular complexity index is 636. The van der Waals surface area contributed by atoms with Crippen LogP contribution in [0.2, 0.25) is 10.0 Å². The molecule has 0 spiro atoms. The van der Waals surface area contributed by atoms with Gasteiger partial charge in [-0.15, -0.1) is 0 Å². The van der Waals surface area contributed by atoms with Crippen molar-refractivity contribution in [2.24, 2.45) is 0 Å². The zero-order chi connectivity index (χ0) is 14.0. The largest absolute Gasteiger partial charge is 0.496 e. The fourth-order valence-electron chi connectivity index (χ4n) is 1.82. The van der Waals surface area contributed by atoms with Gasteiger partial charge >= 0.3 is 0 Å². The summed E-state index contributed by atoms with van der Waals surface area (Å²) >= 11 is 11.9. The second-order valence-electron chi connectivity index (χ2n) is 4.16. The molecular formula is C15H12Cl2O2. The number of carbonyl (C=O) groups is 1. The van der Waals surface area contributed by atoms with Gasteiger partial charge in [-0.1, -0.05) is 34.8 Å². The lowest BCUT2D eigenvalue weighted by Crippen LogP contribution is -2.05. The fraction of sp³-hybridized carbons (Fsp3) is 0.133. The van der Waals surface area contributed by atoms with E-state index < -0.39 is 0 Å². The minimum Gasteiger partial charge on any atom is -0.496 e. The summed E-state index contributed by atoms with van der Waals surface area (Å²) in [5, 5.41) is 0.832. The summed E-state index contributed by atoms with van der Waals surface area (Å²) in [6.07, 6.45) is 0. The number of hydrogen-bond donors (Lipinski definition) is 0. The van der Waals surface area contributed by atoms with Gasteiger partial charge in [0.25, 0.3) is 0 Å². The summed E-state index contributed by atoms with van der Waals surface area (Å²) < 4.78 is 5.22. The predicted molar refractivity (Wildman–Crippen MR) is 77.6 cm³/mol. The number of halogens is 2. The third-order valence-corrected chi connectivity index (χ3v) is 3.32. The van der Waals surface area contributed by atoms with Gasteiger partial charge < -0.3 is 4.74 Å². The van der Waals surface area contributed by atoms with Crippen LogP contribution in [-0.4, -0.2) is 12.9 Å².